The smallest absolute Gasteiger partial charge is 0.251 e. The molecule has 1 N–H and O–H groups in total. The van der Waals surface area contributed by atoms with Crippen LogP contribution in [0.1, 0.15) is 41.4 Å². The Balaban J connectivity index is 2.15. The van der Waals surface area contributed by atoms with Crippen molar-refractivity contribution in [3.63, 3.8) is 0 Å². The third-order valence-corrected chi connectivity index (χ3v) is 4.60. The lowest BCUT2D eigenvalue weighted by Crippen LogP contribution is -2.38. The lowest BCUT2D eigenvalue weighted by Gasteiger charge is -2.30. The van der Waals surface area contributed by atoms with Gasteiger partial charge < -0.3 is 10.1 Å². The third-order valence-electron chi connectivity index (χ3n) is 4.60. The van der Waals surface area contributed by atoms with Gasteiger partial charge in [-0.15, -0.1) is 0 Å². The molecule has 134 valence electrons. The molecule has 4 nitrogen and oxygen atoms in total. The Morgan fingerprint density at radius 2 is 1.72 bits per heavy atom. The topological polar surface area (TPSA) is 41.6 Å². The Hall–Kier alpha value is -2.33. The number of likely N-dealkylation sites (N-methyl/N-ethyl adjacent to an activating group) is 1. The Morgan fingerprint density at radius 1 is 1.08 bits per heavy atom. The predicted octanol–water partition coefficient (Wildman–Crippen LogP) is 3.82. The number of carbonyl (C=O) groups is 1. The van der Waals surface area contributed by atoms with Crippen molar-refractivity contribution in [3.8, 4) is 5.75 Å². The molecule has 4 heteroatoms. The molecule has 0 radical (unpaired) electrons. The van der Waals surface area contributed by atoms with Crippen LogP contribution in [0.5, 0.6) is 5.75 Å². The summed E-state index contributed by atoms with van der Waals surface area (Å²) in [7, 11) is 1.67. The first-order valence-electron chi connectivity index (χ1n) is 8.82. The van der Waals surface area contributed by atoms with Crippen molar-refractivity contribution in [2.75, 3.05) is 26.7 Å². The molecule has 2 rings (SSSR count). The minimum absolute atomic E-state index is 0.0243. The molecule has 0 aliphatic rings. The van der Waals surface area contributed by atoms with Gasteiger partial charge in [0.05, 0.1) is 13.2 Å². The number of hydrogen-bond donors (Lipinski definition) is 1. The van der Waals surface area contributed by atoms with E-state index in [-0.39, 0.29) is 11.9 Å². The largest absolute Gasteiger partial charge is 0.497 e. The molecule has 0 saturated heterocycles. The van der Waals surface area contributed by atoms with Gasteiger partial charge in [-0.05, 0) is 49.3 Å². The van der Waals surface area contributed by atoms with Gasteiger partial charge in [0.15, 0.2) is 0 Å². The SMILES string of the molecule is CCN(CC)C(CNC(=O)c1ccccc1C)c1ccc(OC)cc1. The van der Waals surface area contributed by atoms with E-state index in [2.05, 4.69) is 36.2 Å². The quantitative estimate of drug-likeness (QED) is 0.794. The zero-order valence-electron chi connectivity index (χ0n) is 15.6. The van der Waals surface area contributed by atoms with Gasteiger partial charge in [0.1, 0.15) is 5.75 Å². The molecule has 0 aliphatic heterocycles. The highest BCUT2D eigenvalue weighted by Gasteiger charge is 2.19. The maximum Gasteiger partial charge on any atom is 0.251 e. The van der Waals surface area contributed by atoms with Crippen LogP contribution in [0, 0.1) is 6.92 Å². The second-order valence-corrected chi connectivity index (χ2v) is 6.04. The first-order valence-corrected chi connectivity index (χ1v) is 8.82. The number of nitrogens with one attached hydrogen (secondary N) is 1. The second-order valence-electron chi connectivity index (χ2n) is 6.04. The van der Waals surface area contributed by atoms with Crippen LogP contribution in [0.2, 0.25) is 0 Å². The summed E-state index contributed by atoms with van der Waals surface area (Å²) in [5.41, 5.74) is 2.90. The summed E-state index contributed by atoms with van der Waals surface area (Å²) in [6, 6.07) is 15.9. The molecule has 1 amide bonds. The van der Waals surface area contributed by atoms with Crippen LogP contribution in [0.15, 0.2) is 48.5 Å². The van der Waals surface area contributed by atoms with E-state index in [1.54, 1.807) is 7.11 Å². The van der Waals surface area contributed by atoms with E-state index < -0.39 is 0 Å². The highest BCUT2D eigenvalue weighted by molar-refractivity contribution is 5.95. The van der Waals surface area contributed by atoms with Crippen LogP contribution in [0.25, 0.3) is 0 Å². The number of carbonyl (C=O) groups excluding carboxylic acids is 1. The standard InChI is InChI=1S/C21H28N2O2/c1-5-23(6-2)20(17-11-13-18(25-4)14-12-17)15-22-21(24)19-10-8-7-9-16(19)3/h7-14,20H,5-6,15H2,1-4H3,(H,22,24). The zero-order chi connectivity index (χ0) is 18.2. The molecule has 0 bridgehead atoms. The monoisotopic (exact) mass is 340 g/mol. The van der Waals surface area contributed by atoms with Crippen LogP contribution in [0.3, 0.4) is 0 Å². The fourth-order valence-electron chi connectivity index (χ4n) is 3.06. The van der Waals surface area contributed by atoms with Crippen LogP contribution < -0.4 is 10.1 Å². The molecule has 0 saturated carbocycles. The van der Waals surface area contributed by atoms with Crippen LogP contribution >= 0.6 is 0 Å². The van der Waals surface area contributed by atoms with Gasteiger partial charge in [-0.2, -0.15) is 0 Å². The number of amides is 1. The van der Waals surface area contributed by atoms with Gasteiger partial charge in [0.2, 0.25) is 0 Å². The Labute approximate surface area is 150 Å². The Kier molecular flexibility index (Phi) is 7.02. The highest BCUT2D eigenvalue weighted by Crippen LogP contribution is 2.22. The van der Waals surface area contributed by atoms with Gasteiger partial charge in [0.25, 0.3) is 5.91 Å². The van der Waals surface area contributed by atoms with Crippen molar-refractivity contribution in [1.29, 1.82) is 0 Å². The number of hydrogen-bond acceptors (Lipinski definition) is 3. The summed E-state index contributed by atoms with van der Waals surface area (Å²) in [6.07, 6.45) is 0. The van der Waals surface area contributed by atoms with E-state index in [0.717, 1.165) is 30.0 Å². The molecule has 1 unspecified atom stereocenters. The highest BCUT2D eigenvalue weighted by atomic mass is 16.5. The molecular formula is C21H28N2O2. The number of methoxy groups -OCH3 is 1. The maximum absolute atomic E-state index is 12.6. The van der Waals surface area contributed by atoms with E-state index >= 15 is 0 Å². The Morgan fingerprint density at radius 3 is 2.28 bits per heavy atom. The number of ether oxygens (including phenoxy) is 1. The number of rotatable bonds is 8. The molecule has 0 spiro atoms. The molecule has 2 aromatic rings. The summed E-state index contributed by atoms with van der Waals surface area (Å²) in [5, 5.41) is 3.10. The van der Waals surface area contributed by atoms with Gasteiger partial charge in [0, 0.05) is 12.1 Å². The number of benzene rings is 2. The van der Waals surface area contributed by atoms with Gasteiger partial charge >= 0.3 is 0 Å². The third kappa shape index (κ3) is 4.83. The number of aryl methyl sites for hydroxylation is 1. The average molecular weight is 340 g/mol. The molecule has 2 aromatic carbocycles. The Bertz CT molecular complexity index is 679. The van der Waals surface area contributed by atoms with Gasteiger partial charge in [-0.1, -0.05) is 44.2 Å². The fraction of sp³-hybridized carbons (Fsp3) is 0.381. The predicted molar refractivity (Wildman–Crippen MR) is 102 cm³/mol. The van der Waals surface area contributed by atoms with Crippen LogP contribution in [-0.4, -0.2) is 37.6 Å². The average Bonchev–Trinajstić information content (AvgIpc) is 2.65. The summed E-state index contributed by atoms with van der Waals surface area (Å²) in [4.78, 5) is 14.9. The molecule has 0 aliphatic carbocycles. The minimum atomic E-state index is -0.0243. The molecule has 0 fully saturated rings. The maximum atomic E-state index is 12.6. The van der Waals surface area contributed by atoms with Gasteiger partial charge in [-0.25, -0.2) is 0 Å². The van der Waals surface area contributed by atoms with Crippen molar-refractivity contribution in [1.82, 2.24) is 10.2 Å². The summed E-state index contributed by atoms with van der Waals surface area (Å²) in [5.74, 6) is 0.815. The van der Waals surface area contributed by atoms with E-state index in [4.69, 9.17) is 4.74 Å². The van der Waals surface area contributed by atoms with E-state index in [0.29, 0.717) is 6.54 Å². The van der Waals surface area contributed by atoms with E-state index in [9.17, 15) is 4.79 Å². The van der Waals surface area contributed by atoms with E-state index in [1.165, 1.54) is 5.56 Å². The zero-order valence-corrected chi connectivity index (χ0v) is 15.6. The first kappa shape index (κ1) is 19.0. The summed E-state index contributed by atoms with van der Waals surface area (Å²) < 4.78 is 5.25. The molecule has 0 heterocycles. The first-order chi connectivity index (χ1) is 12.1. The van der Waals surface area contributed by atoms with Crippen molar-refractivity contribution in [2.45, 2.75) is 26.8 Å². The van der Waals surface area contributed by atoms with Crippen molar-refractivity contribution >= 4 is 5.91 Å². The van der Waals surface area contributed by atoms with Crippen LogP contribution in [0.4, 0.5) is 0 Å². The van der Waals surface area contributed by atoms with Crippen molar-refractivity contribution in [3.05, 3.63) is 65.2 Å². The van der Waals surface area contributed by atoms with Gasteiger partial charge in [-0.3, -0.25) is 9.69 Å². The molecule has 0 aromatic heterocycles. The fourth-order valence-corrected chi connectivity index (χ4v) is 3.06. The molecule has 1 atom stereocenters. The number of nitrogens with zero attached hydrogens (tertiary/aromatic N) is 1. The lowest BCUT2D eigenvalue weighted by molar-refractivity contribution is 0.0934. The molecule has 25 heavy (non-hydrogen) atoms. The van der Waals surface area contributed by atoms with Crippen molar-refractivity contribution in [2.24, 2.45) is 0 Å². The summed E-state index contributed by atoms with van der Waals surface area (Å²) >= 11 is 0. The minimum Gasteiger partial charge on any atom is -0.497 e. The normalized spacial score (nSPS) is 12.0. The van der Waals surface area contributed by atoms with Crippen LogP contribution in [-0.2, 0) is 0 Å². The van der Waals surface area contributed by atoms with E-state index in [1.807, 2.05) is 43.3 Å². The van der Waals surface area contributed by atoms with Crippen molar-refractivity contribution < 1.29 is 9.53 Å². The summed E-state index contributed by atoms with van der Waals surface area (Å²) in [6.45, 7) is 8.66. The lowest BCUT2D eigenvalue weighted by atomic mass is 10.0. The second kappa shape index (κ2) is 9.23. The molecular weight excluding hydrogens is 312 g/mol.